The van der Waals surface area contributed by atoms with Crippen molar-refractivity contribution < 1.29 is 4.74 Å². The third kappa shape index (κ3) is 2.72. The van der Waals surface area contributed by atoms with E-state index in [9.17, 15) is 0 Å². The van der Waals surface area contributed by atoms with Crippen molar-refractivity contribution in [2.45, 2.75) is 33.2 Å². The Morgan fingerprint density at radius 2 is 2.17 bits per heavy atom. The Morgan fingerprint density at radius 1 is 1.50 bits per heavy atom. The van der Waals surface area contributed by atoms with Crippen molar-refractivity contribution in [2.75, 3.05) is 13.7 Å². The summed E-state index contributed by atoms with van der Waals surface area (Å²) < 4.78 is 6.72. The molecule has 0 heterocycles. The average Bonchev–Trinajstić information content (AvgIpc) is 3.06. The number of benzene rings is 1. The van der Waals surface area contributed by atoms with Crippen molar-refractivity contribution in [1.29, 1.82) is 0 Å². The van der Waals surface area contributed by atoms with Gasteiger partial charge >= 0.3 is 0 Å². The highest BCUT2D eigenvalue weighted by molar-refractivity contribution is 9.10. The molecule has 1 aliphatic carbocycles. The van der Waals surface area contributed by atoms with E-state index in [0.29, 0.717) is 6.04 Å². The predicted molar refractivity (Wildman–Crippen MR) is 79.1 cm³/mol. The number of halogens is 1. The van der Waals surface area contributed by atoms with Crippen molar-refractivity contribution in [3.05, 3.63) is 27.7 Å². The van der Waals surface area contributed by atoms with Gasteiger partial charge in [-0.15, -0.1) is 0 Å². The molecule has 3 atom stereocenters. The van der Waals surface area contributed by atoms with Gasteiger partial charge in [-0.1, -0.05) is 29.8 Å². The molecule has 18 heavy (non-hydrogen) atoms. The maximum atomic E-state index is 5.56. The first-order chi connectivity index (χ1) is 8.58. The number of aryl methyl sites for hydroxylation is 1. The number of ether oxygens (including phenoxy) is 1. The summed E-state index contributed by atoms with van der Waals surface area (Å²) in [5, 5.41) is 3.61. The van der Waals surface area contributed by atoms with Crippen molar-refractivity contribution in [1.82, 2.24) is 5.32 Å². The second-order valence-electron chi connectivity index (χ2n) is 5.26. The monoisotopic (exact) mass is 311 g/mol. The standard InChI is InChI=1S/C15H22BrNO/c1-5-17-15(11-6-9(11)2)12-8-13(16)10(3)7-14(12)18-4/h7-9,11,15,17H,5-6H2,1-4H3. The zero-order valence-electron chi connectivity index (χ0n) is 11.6. The van der Waals surface area contributed by atoms with Gasteiger partial charge in [-0.05, 0) is 49.4 Å². The Morgan fingerprint density at radius 3 is 2.67 bits per heavy atom. The molecule has 1 fully saturated rings. The number of nitrogens with one attached hydrogen (secondary N) is 1. The normalized spacial score (nSPS) is 23.8. The van der Waals surface area contributed by atoms with Gasteiger partial charge in [0.15, 0.2) is 0 Å². The molecule has 0 radical (unpaired) electrons. The molecule has 3 unspecified atom stereocenters. The molecule has 100 valence electrons. The minimum atomic E-state index is 0.414. The first-order valence-electron chi connectivity index (χ1n) is 6.65. The molecule has 1 aromatic rings. The van der Waals surface area contributed by atoms with E-state index in [1.807, 2.05) is 0 Å². The predicted octanol–water partition coefficient (Wildman–Crippen LogP) is 4.07. The molecule has 0 aromatic heterocycles. The number of rotatable bonds is 5. The lowest BCUT2D eigenvalue weighted by atomic mass is 9.98. The summed E-state index contributed by atoms with van der Waals surface area (Å²) in [6.45, 7) is 7.57. The van der Waals surface area contributed by atoms with E-state index >= 15 is 0 Å². The van der Waals surface area contributed by atoms with Crippen LogP contribution in [0.1, 0.15) is 37.4 Å². The third-order valence-corrected chi connectivity index (χ3v) is 4.72. The van der Waals surface area contributed by atoms with E-state index < -0.39 is 0 Å². The van der Waals surface area contributed by atoms with Crippen LogP contribution in [0, 0.1) is 18.8 Å². The molecule has 3 heteroatoms. The minimum Gasteiger partial charge on any atom is -0.496 e. The van der Waals surface area contributed by atoms with Crippen molar-refractivity contribution in [3.8, 4) is 5.75 Å². The Balaban J connectivity index is 2.36. The highest BCUT2D eigenvalue weighted by Gasteiger charge is 2.40. The van der Waals surface area contributed by atoms with Crippen LogP contribution in [0.5, 0.6) is 5.75 Å². The maximum absolute atomic E-state index is 5.56. The summed E-state index contributed by atoms with van der Waals surface area (Å²) in [5.41, 5.74) is 2.50. The van der Waals surface area contributed by atoms with Gasteiger partial charge in [0.25, 0.3) is 0 Å². The van der Waals surface area contributed by atoms with E-state index in [1.54, 1.807) is 7.11 Å². The summed E-state index contributed by atoms with van der Waals surface area (Å²) in [7, 11) is 1.76. The van der Waals surface area contributed by atoms with Crippen LogP contribution in [0.15, 0.2) is 16.6 Å². The average molecular weight is 312 g/mol. The van der Waals surface area contributed by atoms with Gasteiger partial charge < -0.3 is 10.1 Å². The first kappa shape index (κ1) is 13.9. The molecule has 0 bridgehead atoms. The molecule has 1 aromatic carbocycles. The highest BCUT2D eigenvalue weighted by atomic mass is 79.9. The Hall–Kier alpha value is -0.540. The van der Waals surface area contributed by atoms with E-state index in [-0.39, 0.29) is 0 Å². The summed E-state index contributed by atoms with van der Waals surface area (Å²) in [5.74, 6) is 2.56. The van der Waals surface area contributed by atoms with Crippen LogP contribution in [0.3, 0.4) is 0 Å². The maximum Gasteiger partial charge on any atom is 0.123 e. The second-order valence-corrected chi connectivity index (χ2v) is 6.11. The van der Waals surface area contributed by atoms with Crippen LogP contribution in [0.25, 0.3) is 0 Å². The molecule has 0 amide bonds. The molecule has 0 spiro atoms. The molecule has 2 nitrogen and oxygen atoms in total. The topological polar surface area (TPSA) is 21.3 Å². The van der Waals surface area contributed by atoms with Crippen molar-refractivity contribution in [2.24, 2.45) is 11.8 Å². The summed E-state index contributed by atoms with van der Waals surface area (Å²) in [4.78, 5) is 0. The lowest BCUT2D eigenvalue weighted by Crippen LogP contribution is -2.24. The van der Waals surface area contributed by atoms with Crippen LogP contribution >= 0.6 is 15.9 Å². The quantitative estimate of drug-likeness (QED) is 0.885. The van der Waals surface area contributed by atoms with E-state index in [1.165, 1.54) is 17.5 Å². The van der Waals surface area contributed by atoms with E-state index in [4.69, 9.17) is 4.74 Å². The zero-order chi connectivity index (χ0) is 13.3. The van der Waals surface area contributed by atoms with Gasteiger partial charge in [0.05, 0.1) is 7.11 Å². The van der Waals surface area contributed by atoms with Crippen molar-refractivity contribution in [3.63, 3.8) is 0 Å². The largest absolute Gasteiger partial charge is 0.496 e. The molecule has 0 saturated heterocycles. The Bertz CT molecular complexity index is 433. The number of hydrogen-bond acceptors (Lipinski definition) is 2. The van der Waals surface area contributed by atoms with Crippen LogP contribution in [0.4, 0.5) is 0 Å². The van der Waals surface area contributed by atoms with Crippen LogP contribution in [0.2, 0.25) is 0 Å². The number of hydrogen-bond donors (Lipinski definition) is 1. The summed E-state index contributed by atoms with van der Waals surface area (Å²) in [6, 6.07) is 4.75. The fraction of sp³-hybridized carbons (Fsp3) is 0.600. The molecular formula is C15H22BrNO. The minimum absolute atomic E-state index is 0.414. The fourth-order valence-corrected chi connectivity index (χ4v) is 2.98. The Kier molecular flexibility index (Phi) is 4.33. The highest BCUT2D eigenvalue weighted by Crippen LogP contribution is 2.49. The van der Waals surface area contributed by atoms with Gasteiger partial charge in [0.2, 0.25) is 0 Å². The van der Waals surface area contributed by atoms with E-state index in [0.717, 1.165) is 28.6 Å². The summed E-state index contributed by atoms with van der Waals surface area (Å²) >= 11 is 3.63. The molecule has 2 rings (SSSR count). The molecular weight excluding hydrogens is 290 g/mol. The van der Waals surface area contributed by atoms with Crippen molar-refractivity contribution >= 4 is 15.9 Å². The van der Waals surface area contributed by atoms with Crippen LogP contribution in [-0.4, -0.2) is 13.7 Å². The van der Waals surface area contributed by atoms with Gasteiger partial charge in [0.1, 0.15) is 5.75 Å². The summed E-state index contributed by atoms with van der Waals surface area (Å²) in [6.07, 6.45) is 1.31. The third-order valence-electron chi connectivity index (χ3n) is 3.87. The smallest absolute Gasteiger partial charge is 0.123 e. The van der Waals surface area contributed by atoms with Crippen LogP contribution < -0.4 is 10.1 Å². The molecule has 1 saturated carbocycles. The van der Waals surface area contributed by atoms with Crippen LogP contribution in [-0.2, 0) is 0 Å². The zero-order valence-corrected chi connectivity index (χ0v) is 13.2. The molecule has 1 aliphatic rings. The first-order valence-corrected chi connectivity index (χ1v) is 7.45. The van der Waals surface area contributed by atoms with E-state index in [2.05, 4.69) is 54.2 Å². The second kappa shape index (κ2) is 5.62. The fourth-order valence-electron chi connectivity index (χ4n) is 2.62. The SMILES string of the molecule is CCNC(c1cc(Br)c(C)cc1OC)C1CC1C. The van der Waals surface area contributed by atoms with Gasteiger partial charge in [-0.25, -0.2) is 0 Å². The lowest BCUT2D eigenvalue weighted by Gasteiger charge is -2.22. The Labute approximate surface area is 118 Å². The van der Waals surface area contributed by atoms with Gasteiger partial charge in [-0.2, -0.15) is 0 Å². The molecule has 1 N–H and O–H groups in total. The van der Waals surface area contributed by atoms with Gasteiger partial charge in [-0.3, -0.25) is 0 Å². The van der Waals surface area contributed by atoms with Gasteiger partial charge in [0, 0.05) is 16.1 Å². The number of methoxy groups -OCH3 is 1. The molecule has 0 aliphatic heterocycles. The lowest BCUT2D eigenvalue weighted by molar-refractivity contribution is 0.389.